The van der Waals surface area contributed by atoms with E-state index in [0.29, 0.717) is 28.8 Å². The number of benzene rings is 1. The minimum absolute atomic E-state index is 0.0432. The number of hydrogen-bond acceptors (Lipinski definition) is 4. The molecule has 0 saturated heterocycles. The predicted octanol–water partition coefficient (Wildman–Crippen LogP) is 7.51. The highest BCUT2D eigenvalue weighted by Gasteiger charge is 2.42. The number of rotatable bonds is 5. The molecule has 0 bridgehead atoms. The number of pyridine rings is 1. The van der Waals surface area contributed by atoms with Gasteiger partial charge in [0.05, 0.1) is 34.7 Å². The zero-order valence-corrected chi connectivity index (χ0v) is 22.5. The number of nitrogens with zero attached hydrogens (tertiary/aromatic N) is 3. The van der Waals surface area contributed by atoms with Crippen molar-refractivity contribution in [2.45, 2.75) is 77.6 Å². The van der Waals surface area contributed by atoms with E-state index in [1.54, 1.807) is 26.0 Å². The molecule has 1 aromatic heterocycles. The Hall–Kier alpha value is -2.83. The summed E-state index contributed by atoms with van der Waals surface area (Å²) in [5, 5.41) is 0. The van der Waals surface area contributed by atoms with E-state index in [1.165, 1.54) is 16.7 Å². The molecule has 208 valence electrons. The van der Waals surface area contributed by atoms with E-state index in [9.17, 15) is 35.9 Å². The number of amides is 2. The lowest BCUT2D eigenvalue weighted by Gasteiger charge is -2.43. The SMILES string of the molecule is CCC1CC(N(Cc2cc(C(F)(F)F)cc(C(F)(F)F)c2)C(C)=O)c2nc(Br)ccc2N1C(=O)OC(C)C. The van der Waals surface area contributed by atoms with Crippen LogP contribution in [0.25, 0.3) is 0 Å². The zero-order valence-electron chi connectivity index (χ0n) is 21.0. The average molecular weight is 610 g/mol. The summed E-state index contributed by atoms with van der Waals surface area (Å²) in [4.78, 5) is 32.8. The summed E-state index contributed by atoms with van der Waals surface area (Å²) in [5.74, 6) is -0.582. The molecule has 1 aromatic carbocycles. The average Bonchev–Trinajstić information content (AvgIpc) is 2.79. The van der Waals surface area contributed by atoms with Gasteiger partial charge in [-0.25, -0.2) is 9.78 Å². The molecule has 0 aliphatic carbocycles. The topological polar surface area (TPSA) is 62.7 Å². The van der Waals surface area contributed by atoms with E-state index in [2.05, 4.69) is 20.9 Å². The maximum atomic E-state index is 13.4. The molecule has 2 amide bonds. The van der Waals surface area contributed by atoms with E-state index in [1.807, 2.05) is 6.92 Å². The molecule has 0 N–H and O–H groups in total. The van der Waals surface area contributed by atoms with Gasteiger partial charge in [0.25, 0.3) is 0 Å². The normalized spacial score (nSPS) is 17.8. The summed E-state index contributed by atoms with van der Waals surface area (Å²) in [6.07, 6.45) is -10.5. The van der Waals surface area contributed by atoms with Crippen LogP contribution < -0.4 is 4.90 Å². The second-order valence-corrected chi connectivity index (χ2v) is 10.0. The minimum Gasteiger partial charge on any atom is -0.446 e. The van der Waals surface area contributed by atoms with Gasteiger partial charge in [0.2, 0.25) is 5.91 Å². The van der Waals surface area contributed by atoms with Gasteiger partial charge in [0.1, 0.15) is 4.60 Å². The molecule has 2 heterocycles. The fraction of sp³-hybridized carbons (Fsp3) is 0.480. The van der Waals surface area contributed by atoms with Gasteiger partial charge in [-0.1, -0.05) is 6.92 Å². The maximum absolute atomic E-state index is 13.4. The van der Waals surface area contributed by atoms with Crippen molar-refractivity contribution in [2.75, 3.05) is 4.90 Å². The van der Waals surface area contributed by atoms with Crippen LogP contribution in [0.4, 0.5) is 36.8 Å². The maximum Gasteiger partial charge on any atom is 0.416 e. The van der Waals surface area contributed by atoms with Crippen LogP contribution in [0.15, 0.2) is 34.9 Å². The minimum atomic E-state index is -5.02. The van der Waals surface area contributed by atoms with E-state index >= 15 is 0 Å². The molecule has 3 rings (SSSR count). The van der Waals surface area contributed by atoms with Gasteiger partial charge in [-0.15, -0.1) is 0 Å². The van der Waals surface area contributed by atoms with E-state index in [0.717, 1.165) is 0 Å². The van der Waals surface area contributed by atoms with Gasteiger partial charge in [0, 0.05) is 19.5 Å². The Morgan fingerprint density at radius 1 is 1.11 bits per heavy atom. The van der Waals surface area contributed by atoms with Crippen molar-refractivity contribution in [3.05, 3.63) is 57.3 Å². The van der Waals surface area contributed by atoms with Crippen LogP contribution in [0.1, 0.15) is 69.0 Å². The lowest BCUT2D eigenvalue weighted by molar-refractivity contribution is -0.143. The number of carbonyl (C=O) groups excluding carboxylic acids is 2. The Bertz CT molecular complexity index is 1170. The highest BCUT2D eigenvalue weighted by molar-refractivity contribution is 9.10. The molecule has 0 radical (unpaired) electrons. The Morgan fingerprint density at radius 3 is 2.16 bits per heavy atom. The van der Waals surface area contributed by atoms with Crippen molar-refractivity contribution in [2.24, 2.45) is 0 Å². The number of anilines is 1. The van der Waals surface area contributed by atoms with Gasteiger partial charge < -0.3 is 9.64 Å². The quantitative estimate of drug-likeness (QED) is 0.260. The van der Waals surface area contributed by atoms with Crippen LogP contribution in [0.3, 0.4) is 0 Å². The molecule has 1 aliphatic heterocycles. The van der Waals surface area contributed by atoms with Gasteiger partial charge in [0.15, 0.2) is 0 Å². The molecule has 2 unspecified atom stereocenters. The van der Waals surface area contributed by atoms with Gasteiger partial charge in [-0.2, -0.15) is 26.3 Å². The molecule has 1 aliphatic rings. The van der Waals surface area contributed by atoms with E-state index in [4.69, 9.17) is 4.74 Å². The monoisotopic (exact) mass is 609 g/mol. The summed E-state index contributed by atoms with van der Waals surface area (Å²) < 4.78 is 86.3. The van der Waals surface area contributed by atoms with Crippen LogP contribution in [0, 0.1) is 0 Å². The van der Waals surface area contributed by atoms with Crippen molar-refractivity contribution in [3.8, 4) is 0 Å². The Morgan fingerprint density at radius 2 is 1.68 bits per heavy atom. The van der Waals surface area contributed by atoms with Crippen molar-refractivity contribution in [3.63, 3.8) is 0 Å². The lowest BCUT2D eigenvalue weighted by atomic mass is 9.91. The summed E-state index contributed by atoms with van der Waals surface area (Å²) in [6.45, 7) is 5.83. The molecule has 6 nitrogen and oxygen atoms in total. The molecular formula is C25H26BrF6N3O3. The van der Waals surface area contributed by atoms with Crippen LogP contribution in [0.5, 0.6) is 0 Å². The molecule has 0 saturated carbocycles. The first-order valence-corrected chi connectivity index (χ1v) is 12.5. The summed E-state index contributed by atoms with van der Waals surface area (Å²) in [6, 6.07) is 3.13. The summed E-state index contributed by atoms with van der Waals surface area (Å²) >= 11 is 3.26. The number of halogens is 7. The standard InChI is InChI=1S/C25H26BrF6N3O3/c1-5-18-11-20(22-19(6-7-21(26)33-22)35(18)23(37)38-13(2)3)34(14(4)36)12-15-8-16(24(27,28)29)10-17(9-15)25(30,31)32/h6-10,13,18,20H,5,11-12H2,1-4H3. The molecule has 38 heavy (non-hydrogen) atoms. The largest absolute Gasteiger partial charge is 0.446 e. The third-order valence-electron chi connectivity index (χ3n) is 6.09. The smallest absolute Gasteiger partial charge is 0.416 e. The van der Waals surface area contributed by atoms with Crippen molar-refractivity contribution < 1.29 is 40.7 Å². The first-order valence-electron chi connectivity index (χ1n) is 11.7. The highest BCUT2D eigenvalue weighted by atomic mass is 79.9. The number of hydrogen-bond donors (Lipinski definition) is 0. The van der Waals surface area contributed by atoms with Crippen LogP contribution in [-0.4, -0.2) is 34.0 Å². The van der Waals surface area contributed by atoms with Crippen molar-refractivity contribution in [1.29, 1.82) is 0 Å². The lowest BCUT2D eigenvalue weighted by Crippen LogP contribution is -2.49. The number of aromatic nitrogens is 1. The first kappa shape index (κ1) is 29.7. The van der Waals surface area contributed by atoms with Crippen LogP contribution in [-0.2, 0) is 28.4 Å². The second-order valence-electron chi connectivity index (χ2n) is 9.22. The molecule has 13 heteroatoms. The summed E-state index contributed by atoms with van der Waals surface area (Å²) in [7, 11) is 0. The number of ether oxygens (including phenoxy) is 1. The van der Waals surface area contributed by atoms with Gasteiger partial charge >= 0.3 is 18.4 Å². The molecule has 0 fully saturated rings. The molecule has 2 aromatic rings. The molecule has 2 atom stereocenters. The molecule has 0 spiro atoms. The molecular weight excluding hydrogens is 584 g/mol. The third kappa shape index (κ3) is 6.59. The first-order chi connectivity index (χ1) is 17.5. The zero-order chi connectivity index (χ0) is 28.6. The number of fused-ring (bicyclic) bond motifs is 1. The Balaban J connectivity index is 2.12. The van der Waals surface area contributed by atoms with Crippen molar-refractivity contribution >= 4 is 33.6 Å². The fourth-order valence-electron chi connectivity index (χ4n) is 4.44. The Labute approximate surface area is 224 Å². The van der Waals surface area contributed by atoms with Crippen LogP contribution >= 0.6 is 15.9 Å². The van der Waals surface area contributed by atoms with Crippen molar-refractivity contribution in [1.82, 2.24) is 9.88 Å². The fourth-order valence-corrected chi connectivity index (χ4v) is 4.76. The second kappa shape index (κ2) is 11.1. The number of carbonyl (C=O) groups is 2. The van der Waals surface area contributed by atoms with Gasteiger partial charge in [-0.3, -0.25) is 9.69 Å². The van der Waals surface area contributed by atoms with Crippen LogP contribution in [0.2, 0.25) is 0 Å². The van der Waals surface area contributed by atoms with E-state index < -0.39 is 60.2 Å². The highest BCUT2D eigenvalue weighted by Crippen LogP contribution is 2.43. The van der Waals surface area contributed by atoms with Gasteiger partial charge in [-0.05, 0) is 78.5 Å². The van der Waals surface area contributed by atoms with E-state index in [-0.39, 0.29) is 23.7 Å². The predicted molar refractivity (Wildman–Crippen MR) is 130 cm³/mol. The summed E-state index contributed by atoms with van der Waals surface area (Å²) in [5.41, 5.74) is -2.67. The third-order valence-corrected chi connectivity index (χ3v) is 6.53. The Kier molecular flexibility index (Phi) is 8.69. The number of alkyl halides is 6.